The normalized spacial score (nSPS) is 16.4. The van der Waals surface area contributed by atoms with Gasteiger partial charge < -0.3 is 19.7 Å². The number of likely N-dealkylation sites (N-methyl/N-ethyl adjacent to an activating group) is 1. The molecular weight excluding hydrogens is 324 g/mol. The molecule has 0 spiro atoms. The first kappa shape index (κ1) is 18.9. The molecule has 7 heteroatoms. The minimum absolute atomic E-state index is 0.121. The van der Waals surface area contributed by atoms with Gasteiger partial charge in [0.1, 0.15) is 0 Å². The zero-order valence-corrected chi connectivity index (χ0v) is 14.8. The molecule has 1 aromatic rings. The molecule has 1 aliphatic heterocycles. The fraction of sp³-hybridized carbons (Fsp3) is 0.500. The van der Waals surface area contributed by atoms with E-state index in [0.29, 0.717) is 13.0 Å². The molecule has 2 amide bonds. The highest BCUT2D eigenvalue weighted by atomic mass is 16.6. The van der Waals surface area contributed by atoms with Gasteiger partial charge in [0, 0.05) is 19.3 Å². The highest BCUT2D eigenvalue weighted by Crippen LogP contribution is 2.19. The van der Waals surface area contributed by atoms with E-state index in [1.165, 1.54) is 11.9 Å². The minimum atomic E-state index is -0.578. The van der Waals surface area contributed by atoms with Crippen molar-refractivity contribution < 1.29 is 23.9 Å². The van der Waals surface area contributed by atoms with Crippen LogP contribution in [0.1, 0.15) is 24.0 Å². The number of para-hydroxylation sites is 1. The van der Waals surface area contributed by atoms with Crippen LogP contribution in [0.15, 0.2) is 18.2 Å². The van der Waals surface area contributed by atoms with E-state index in [4.69, 9.17) is 9.47 Å². The quantitative estimate of drug-likeness (QED) is 0.786. The molecule has 1 saturated heterocycles. The number of benzene rings is 1. The lowest BCUT2D eigenvalue weighted by atomic mass is 10.1. The third kappa shape index (κ3) is 5.29. The van der Waals surface area contributed by atoms with E-state index in [0.717, 1.165) is 23.2 Å². The fourth-order valence-electron chi connectivity index (χ4n) is 2.59. The number of amides is 2. The molecule has 1 aliphatic rings. The van der Waals surface area contributed by atoms with Crippen LogP contribution in [-0.4, -0.2) is 55.6 Å². The van der Waals surface area contributed by atoms with Crippen molar-refractivity contribution in [2.75, 3.05) is 32.1 Å². The average molecular weight is 348 g/mol. The SMILES string of the molecule is Cc1cccc(C)c1NC(=O)CN(C)C(=O)COC(=O)[C@H]1CCCO1. The maximum absolute atomic E-state index is 12.1. The molecule has 1 atom stereocenters. The molecule has 0 unspecified atom stereocenters. The summed E-state index contributed by atoms with van der Waals surface area (Å²) in [6.45, 7) is 3.83. The Kier molecular flexibility index (Phi) is 6.52. The summed E-state index contributed by atoms with van der Waals surface area (Å²) in [4.78, 5) is 37.1. The summed E-state index contributed by atoms with van der Waals surface area (Å²) in [5.41, 5.74) is 2.65. The summed E-state index contributed by atoms with van der Waals surface area (Å²) in [5, 5.41) is 2.81. The average Bonchev–Trinajstić information content (AvgIpc) is 3.10. The summed E-state index contributed by atoms with van der Waals surface area (Å²) in [6.07, 6.45) is 0.845. The van der Waals surface area contributed by atoms with Crippen molar-refractivity contribution in [1.82, 2.24) is 4.90 Å². The molecule has 0 aliphatic carbocycles. The summed E-state index contributed by atoms with van der Waals surface area (Å²) >= 11 is 0. The van der Waals surface area contributed by atoms with Crippen molar-refractivity contribution in [3.8, 4) is 0 Å². The largest absolute Gasteiger partial charge is 0.454 e. The number of esters is 1. The van der Waals surface area contributed by atoms with Gasteiger partial charge in [-0.1, -0.05) is 18.2 Å². The number of nitrogens with one attached hydrogen (secondary N) is 1. The number of ether oxygens (including phenoxy) is 2. The standard InChI is InChI=1S/C18H24N2O5/c1-12-6-4-7-13(2)17(12)19-15(21)10-20(3)16(22)11-25-18(23)14-8-5-9-24-14/h4,6-7,14H,5,8-11H2,1-3H3,(H,19,21)/t14-/m1/s1. The van der Waals surface area contributed by atoms with Crippen LogP contribution < -0.4 is 5.32 Å². The maximum atomic E-state index is 12.1. The fourth-order valence-corrected chi connectivity index (χ4v) is 2.59. The van der Waals surface area contributed by atoms with Crippen LogP contribution in [0.4, 0.5) is 5.69 Å². The third-order valence-corrected chi connectivity index (χ3v) is 4.08. The molecule has 1 fully saturated rings. The Hall–Kier alpha value is -2.41. The second-order valence-electron chi connectivity index (χ2n) is 6.17. The van der Waals surface area contributed by atoms with E-state index in [1.807, 2.05) is 32.0 Å². The summed E-state index contributed by atoms with van der Waals surface area (Å²) in [6, 6.07) is 5.72. The first-order valence-corrected chi connectivity index (χ1v) is 8.26. The topological polar surface area (TPSA) is 84.9 Å². The number of anilines is 1. The zero-order valence-electron chi connectivity index (χ0n) is 14.8. The molecule has 136 valence electrons. The van der Waals surface area contributed by atoms with Gasteiger partial charge in [-0.25, -0.2) is 4.79 Å². The molecule has 1 N–H and O–H groups in total. The van der Waals surface area contributed by atoms with Gasteiger partial charge in [-0.3, -0.25) is 9.59 Å². The van der Waals surface area contributed by atoms with Gasteiger partial charge in [0.2, 0.25) is 5.91 Å². The Morgan fingerprint density at radius 3 is 2.56 bits per heavy atom. The van der Waals surface area contributed by atoms with Crippen molar-refractivity contribution in [3.63, 3.8) is 0 Å². The maximum Gasteiger partial charge on any atom is 0.335 e. The molecule has 0 aromatic heterocycles. The monoisotopic (exact) mass is 348 g/mol. The predicted molar refractivity (Wildman–Crippen MR) is 92.1 cm³/mol. The van der Waals surface area contributed by atoms with Crippen molar-refractivity contribution in [2.45, 2.75) is 32.8 Å². The van der Waals surface area contributed by atoms with Crippen molar-refractivity contribution >= 4 is 23.5 Å². The molecule has 0 saturated carbocycles. The van der Waals surface area contributed by atoms with Gasteiger partial charge in [-0.05, 0) is 37.8 Å². The Morgan fingerprint density at radius 1 is 1.28 bits per heavy atom. The van der Waals surface area contributed by atoms with Gasteiger partial charge >= 0.3 is 5.97 Å². The molecule has 25 heavy (non-hydrogen) atoms. The number of carbonyl (C=O) groups excluding carboxylic acids is 3. The van der Waals surface area contributed by atoms with E-state index in [-0.39, 0.29) is 12.5 Å². The van der Waals surface area contributed by atoms with Crippen molar-refractivity contribution in [3.05, 3.63) is 29.3 Å². The molecule has 0 bridgehead atoms. The molecule has 2 rings (SSSR count). The molecule has 1 aromatic carbocycles. The third-order valence-electron chi connectivity index (χ3n) is 4.08. The lowest BCUT2D eigenvalue weighted by molar-refractivity contribution is -0.159. The zero-order chi connectivity index (χ0) is 18.4. The second kappa shape index (κ2) is 8.62. The molecule has 7 nitrogen and oxygen atoms in total. The van der Waals surface area contributed by atoms with Crippen LogP contribution >= 0.6 is 0 Å². The predicted octanol–water partition coefficient (Wildman–Crippen LogP) is 1.42. The van der Waals surface area contributed by atoms with Gasteiger partial charge in [0.25, 0.3) is 5.91 Å². The number of aryl methyl sites for hydroxylation is 2. The van der Waals surface area contributed by atoms with Crippen LogP contribution in [0, 0.1) is 13.8 Å². The second-order valence-corrected chi connectivity index (χ2v) is 6.17. The smallest absolute Gasteiger partial charge is 0.335 e. The molecule has 0 radical (unpaired) electrons. The van der Waals surface area contributed by atoms with Crippen LogP contribution in [0.2, 0.25) is 0 Å². The van der Waals surface area contributed by atoms with Crippen LogP contribution in [-0.2, 0) is 23.9 Å². The van der Waals surface area contributed by atoms with E-state index >= 15 is 0 Å². The number of rotatable bonds is 6. The van der Waals surface area contributed by atoms with Gasteiger partial charge in [-0.2, -0.15) is 0 Å². The first-order chi connectivity index (χ1) is 11.9. The van der Waals surface area contributed by atoms with Crippen molar-refractivity contribution in [2.24, 2.45) is 0 Å². The molecular formula is C18H24N2O5. The molecule has 1 heterocycles. The minimum Gasteiger partial charge on any atom is -0.454 e. The highest BCUT2D eigenvalue weighted by molar-refractivity contribution is 5.96. The number of nitrogens with zero attached hydrogens (tertiary/aromatic N) is 1. The number of carbonyl (C=O) groups is 3. The Balaban J connectivity index is 1.79. The van der Waals surface area contributed by atoms with Crippen LogP contribution in [0.3, 0.4) is 0 Å². The summed E-state index contributed by atoms with van der Waals surface area (Å²) < 4.78 is 10.2. The van der Waals surface area contributed by atoms with Gasteiger partial charge in [0.15, 0.2) is 12.7 Å². The first-order valence-electron chi connectivity index (χ1n) is 8.26. The van der Waals surface area contributed by atoms with E-state index in [1.54, 1.807) is 0 Å². The number of hydrogen-bond donors (Lipinski definition) is 1. The highest BCUT2D eigenvalue weighted by Gasteiger charge is 2.26. The van der Waals surface area contributed by atoms with Gasteiger partial charge in [0.05, 0.1) is 6.54 Å². The summed E-state index contributed by atoms with van der Waals surface area (Å²) in [5.74, 6) is -1.28. The van der Waals surface area contributed by atoms with Gasteiger partial charge in [-0.15, -0.1) is 0 Å². The Morgan fingerprint density at radius 2 is 1.96 bits per heavy atom. The Labute approximate surface area is 147 Å². The lowest BCUT2D eigenvalue weighted by Gasteiger charge is -2.18. The van der Waals surface area contributed by atoms with E-state index in [9.17, 15) is 14.4 Å². The summed E-state index contributed by atoms with van der Waals surface area (Å²) in [7, 11) is 1.49. The van der Waals surface area contributed by atoms with E-state index < -0.39 is 24.6 Å². The van der Waals surface area contributed by atoms with E-state index in [2.05, 4.69) is 5.32 Å². The number of hydrogen-bond acceptors (Lipinski definition) is 5. The van der Waals surface area contributed by atoms with Crippen LogP contribution in [0.25, 0.3) is 0 Å². The lowest BCUT2D eigenvalue weighted by Crippen LogP contribution is -2.38. The van der Waals surface area contributed by atoms with Crippen molar-refractivity contribution in [1.29, 1.82) is 0 Å². The Bertz CT molecular complexity index is 633. The van der Waals surface area contributed by atoms with Crippen LogP contribution in [0.5, 0.6) is 0 Å².